The molecular weight excluding hydrogens is 342 g/mol. The molecule has 1 spiro atoms. The monoisotopic (exact) mass is 355 g/mol. The largest absolute Gasteiger partial charge is 0.323 e. The molecule has 1 saturated heterocycles. The van der Waals surface area contributed by atoms with Crippen molar-refractivity contribution < 1.29 is 14.4 Å². The third-order valence-corrected chi connectivity index (χ3v) is 4.79. The number of hydrogen-bond donors (Lipinski definition) is 2. The number of halogens is 1. The van der Waals surface area contributed by atoms with E-state index in [4.69, 9.17) is 11.6 Å². The van der Waals surface area contributed by atoms with Gasteiger partial charge in [-0.15, -0.1) is 0 Å². The van der Waals surface area contributed by atoms with Crippen molar-refractivity contribution in [2.75, 3.05) is 4.90 Å². The Morgan fingerprint density at radius 1 is 1.08 bits per heavy atom. The van der Waals surface area contributed by atoms with E-state index in [1.807, 2.05) is 25.1 Å². The average molecular weight is 356 g/mol. The number of anilines is 1. The van der Waals surface area contributed by atoms with Crippen LogP contribution in [-0.4, -0.2) is 17.8 Å². The molecule has 126 valence electrons. The number of benzene rings is 2. The predicted molar refractivity (Wildman–Crippen MR) is 92.2 cm³/mol. The van der Waals surface area contributed by atoms with E-state index in [1.54, 1.807) is 24.3 Å². The highest BCUT2D eigenvalue weighted by molar-refractivity contribution is 6.30. The maximum atomic E-state index is 13.1. The minimum Gasteiger partial charge on any atom is -0.312 e. The summed E-state index contributed by atoms with van der Waals surface area (Å²) in [7, 11) is 0. The van der Waals surface area contributed by atoms with Crippen molar-refractivity contribution in [2.24, 2.45) is 0 Å². The second kappa shape index (κ2) is 5.32. The van der Waals surface area contributed by atoms with E-state index in [-0.39, 0.29) is 6.54 Å². The summed E-state index contributed by atoms with van der Waals surface area (Å²) in [6.07, 6.45) is 0. The molecule has 2 aliphatic heterocycles. The van der Waals surface area contributed by atoms with Crippen LogP contribution < -0.4 is 15.5 Å². The number of hydrogen-bond acceptors (Lipinski definition) is 3. The molecule has 1 fully saturated rings. The summed E-state index contributed by atoms with van der Waals surface area (Å²) in [6, 6.07) is 11.9. The van der Waals surface area contributed by atoms with Gasteiger partial charge < -0.3 is 10.2 Å². The summed E-state index contributed by atoms with van der Waals surface area (Å²) < 4.78 is 0. The number of aryl methyl sites for hydroxylation is 1. The Bertz CT molecular complexity index is 926. The van der Waals surface area contributed by atoms with Crippen LogP contribution in [0.5, 0.6) is 0 Å². The molecule has 25 heavy (non-hydrogen) atoms. The van der Waals surface area contributed by atoms with Crippen LogP contribution in [-0.2, 0) is 21.7 Å². The highest BCUT2D eigenvalue weighted by atomic mass is 35.5. The fraction of sp³-hybridized carbons (Fsp3) is 0.167. The third kappa shape index (κ3) is 2.21. The zero-order chi connectivity index (χ0) is 17.8. The molecule has 2 heterocycles. The summed E-state index contributed by atoms with van der Waals surface area (Å²) in [4.78, 5) is 38.9. The first-order valence-electron chi connectivity index (χ1n) is 7.73. The summed E-state index contributed by atoms with van der Waals surface area (Å²) in [5, 5.41) is 5.31. The van der Waals surface area contributed by atoms with Gasteiger partial charge in [-0.3, -0.25) is 14.9 Å². The van der Waals surface area contributed by atoms with Crippen LogP contribution in [0, 0.1) is 6.92 Å². The molecule has 1 unspecified atom stereocenters. The first kappa shape index (κ1) is 15.7. The lowest BCUT2D eigenvalue weighted by atomic mass is 9.90. The summed E-state index contributed by atoms with van der Waals surface area (Å²) in [5.41, 5.74) is 1.18. The van der Waals surface area contributed by atoms with Crippen LogP contribution in [0.25, 0.3) is 0 Å². The molecule has 7 heteroatoms. The van der Waals surface area contributed by atoms with Crippen molar-refractivity contribution in [3.8, 4) is 0 Å². The zero-order valence-electron chi connectivity index (χ0n) is 13.3. The molecule has 2 aliphatic rings. The molecule has 1 atom stereocenters. The summed E-state index contributed by atoms with van der Waals surface area (Å²) >= 11 is 5.91. The molecule has 6 nitrogen and oxygen atoms in total. The van der Waals surface area contributed by atoms with Gasteiger partial charge >= 0.3 is 6.03 Å². The fourth-order valence-corrected chi connectivity index (χ4v) is 3.46. The molecule has 4 rings (SSSR count). The molecule has 0 saturated carbocycles. The Morgan fingerprint density at radius 2 is 1.80 bits per heavy atom. The van der Waals surface area contributed by atoms with Gasteiger partial charge in [-0.2, -0.15) is 0 Å². The van der Waals surface area contributed by atoms with Crippen LogP contribution in [0.4, 0.5) is 10.5 Å². The molecule has 2 aromatic rings. The Labute approximate surface area is 148 Å². The van der Waals surface area contributed by atoms with Gasteiger partial charge in [0.15, 0.2) is 0 Å². The van der Waals surface area contributed by atoms with Crippen LogP contribution >= 0.6 is 11.6 Å². The third-order valence-electron chi connectivity index (χ3n) is 4.54. The van der Waals surface area contributed by atoms with Gasteiger partial charge in [-0.25, -0.2) is 4.79 Å². The number of rotatable bonds is 2. The first-order valence-corrected chi connectivity index (χ1v) is 8.11. The maximum absolute atomic E-state index is 13.1. The van der Waals surface area contributed by atoms with E-state index in [0.29, 0.717) is 16.3 Å². The van der Waals surface area contributed by atoms with Gasteiger partial charge in [0.2, 0.25) is 5.54 Å². The predicted octanol–water partition coefficient (Wildman–Crippen LogP) is 2.23. The van der Waals surface area contributed by atoms with Crippen LogP contribution in [0.2, 0.25) is 5.02 Å². The number of carbonyl (C=O) groups excluding carboxylic acids is 3. The van der Waals surface area contributed by atoms with E-state index >= 15 is 0 Å². The standard InChI is InChI=1S/C18H14ClN3O3/c1-10-2-7-14-13(8-10)18(15(23)20-17(25)21-18)16(24)22(14)9-11-3-5-12(19)6-4-11/h2-8H,9H2,1H3,(H2,20,21,23,25). The normalized spacial score (nSPS) is 21.5. The molecule has 4 amide bonds. The average Bonchev–Trinajstić information content (AvgIpc) is 2.99. The molecule has 0 bridgehead atoms. The topological polar surface area (TPSA) is 78.5 Å². The number of nitrogens with one attached hydrogen (secondary N) is 2. The number of fused-ring (bicyclic) bond motifs is 2. The van der Waals surface area contributed by atoms with Crippen LogP contribution in [0.3, 0.4) is 0 Å². The van der Waals surface area contributed by atoms with Gasteiger partial charge in [0.05, 0.1) is 12.2 Å². The van der Waals surface area contributed by atoms with Gasteiger partial charge in [0.1, 0.15) is 0 Å². The van der Waals surface area contributed by atoms with Crippen molar-refractivity contribution in [3.63, 3.8) is 0 Å². The Kier molecular flexibility index (Phi) is 3.33. The molecule has 2 aromatic carbocycles. The number of imide groups is 1. The Hall–Kier alpha value is -2.86. The highest BCUT2D eigenvalue weighted by Crippen LogP contribution is 2.43. The number of carbonyl (C=O) groups is 3. The molecule has 0 aromatic heterocycles. The summed E-state index contributed by atoms with van der Waals surface area (Å²) in [5.74, 6) is -1.11. The number of amides is 4. The second-order valence-electron chi connectivity index (χ2n) is 6.20. The van der Waals surface area contributed by atoms with Gasteiger partial charge in [0.25, 0.3) is 11.8 Å². The first-order chi connectivity index (χ1) is 11.9. The lowest BCUT2D eigenvalue weighted by Gasteiger charge is -2.21. The van der Waals surface area contributed by atoms with Gasteiger partial charge in [0, 0.05) is 10.6 Å². The zero-order valence-corrected chi connectivity index (χ0v) is 14.1. The lowest BCUT2D eigenvalue weighted by molar-refractivity contribution is -0.134. The summed E-state index contributed by atoms with van der Waals surface area (Å²) in [6.45, 7) is 2.14. The van der Waals surface area contributed by atoms with Crippen molar-refractivity contribution in [1.29, 1.82) is 0 Å². The molecular formula is C18H14ClN3O3. The maximum Gasteiger partial charge on any atom is 0.323 e. The number of nitrogens with zero attached hydrogens (tertiary/aromatic N) is 1. The van der Waals surface area contributed by atoms with E-state index < -0.39 is 23.4 Å². The second-order valence-corrected chi connectivity index (χ2v) is 6.63. The Balaban J connectivity index is 1.82. The lowest BCUT2D eigenvalue weighted by Crippen LogP contribution is -2.52. The van der Waals surface area contributed by atoms with Crippen molar-refractivity contribution in [1.82, 2.24) is 10.6 Å². The quantitative estimate of drug-likeness (QED) is 0.640. The number of urea groups is 1. The minimum absolute atomic E-state index is 0.275. The van der Waals surface area contributed by atoms with E-state index in [9.17, 15) is 14.4 Å². The van der Waals surface area contributed by atoms with Crippen LogP contribution in [0.1, 0.15) is 16.7 Å². The van der Waals surface area contributed by atoms with Gasteiger partial charge in [-0.1, -0.05) is 41.4 Å². The van der Waals surface area contributed by atoms with E-state index in [2.05, 4.69) is 10.6 Å². The highest BCUT2D eigenvalue weighted by Gasteiger charge is 2.61. The smallest absolute Gasteiger partial charge is 0.312 e. The van der Waals surface area contributed by atoms with Crippen molar-refractivity contribution in [2.45, 2.75) is 19.0 Å². The molecule has 0 aliphatic carbocycles. The fourth-order valence-electron chi connectivity index (χ4n) is 3.34. The van der Waals surface area contributed by atoms with Gasteiger partial charge in [-0.05, 0) is 30.7 Å². The van der Waals surface area contributed by atoms with Crippen LogP contribution in [0.15, 0.2) is 42.5 Å². The van der Waals surface area contributed by atoms with E-state index in [1.165, 1.54) is 4.90 Å². The Morgan fingerprint density at radius 3 is 2.44 bits per heavy atom. The SMILES string of the molecule is Cc1ccc2c(c1)C1(NC(=O)NC1=O)C(=O)N2Cc1ccc(Cl)cc1. The van der Waals surface area contributed by atoms with E-state index in [0.717, 1.165) is 11.1 Å². The molecule has 0 radical (unpaired) electrons. The molecule has 2 N–H and O–H groups in total. The van der Waals surface area contributed by atoms with Crippen molar-refractivity contribution in [3.05, 3.63) is 64.2 Å². The van der Waals surface area contributed by atoms with Crippen molar-refractivity contribution >= 4 is 35.1 Å². The minimum atomic E-state index is -1.69.